The first-order valence-corrected chi connectivity index (χ1v) is 7.94. The van der Waals surface area contributed by atoms with E-state index in [1.807, 2.05) is 13.8 Å². The molecule has 0 aromatic carbocycles. The minimum Gasteiger partial charge on any atom is -0.326 e. The van der Waals surface area contributed by atoms with E-state index in [9.17, 15) is 8.42 Å². The summed E-state index contributed by atoms with van der Waals surface area (Å²) in [5.74, 6) is 0.279. The standard InChI is InChI=1S/C9H15BrN2O2S2/c1-6(2)5-12-16(13,14)8-3-7(4-11)15-9(8)10/h3,6,12H,4-5,11H2,1-2H3. The summed E-state index contributed by atoms with van der Waals surface area (Å²) in [7, 11) is -3.42. The van der Waals surface area contributed by atoms with Crippen molar-refractivity contribution in [3.05, 3.63) is 14.7 Å². The molecule has 0 radical (unpaired) electrons. The Morgan fingerprint density at radius 3 is 2.62 bits per heavy atom. The highest BCUT2D eigenvalue weighted by atomic mass is 79.9. The molecule has 0 bridgehead atoms. The summed E-state index contributed by atoms with van der Waals surface area (Å²) in [6.07, 6.45) is 0. The Balaban J connectivity index is 2.93. The summed E-state index contributed by atoms with van der Waals surface area (Å²) >= 11 is 4.59. The number of thiophene rings is 1. The molecule has 0 atom stereocenters. The molecule has 0 spiro atoms. The minimum absolute atomic E-state index is 0.276. The van der Waals surface area contributed by atoms with Gasteiger partial charge in [0, 0.05) is 18.0 Å². The molecule has 16 heavy (non-hydrogen) atoms. The van der Waals surface area contributed by atoms with E-state index in [-0.39, 0.29) is 10.8 Å². The normalized spacial score (nSPS) is 12.3. The second kappa shape index (κ2) is 5.59. The Morgan fingerprint density at radius 1 is 1.56 bits per heavy atom. The molecule has 0 fully saturated rings. The fourth-order valence-corrected chi connectivity index (χ4v) is 4.81. The van der Waals surface area contributed by atoms with Crippen molar-refractivity contribution in [3.63, 3.8) is 0 Å². The van der Waals surface area contributed by atoms with E-state index < -0.39 is 10.0 Å². The number of halogens is 1. The second-order valence-corrected chi connectivity index (χ2v) is 7.99. The zero-order valence-corrected chi connectivity index (χ0v) is 12.4. The molecule has 0 saturated heterocycles. The highest BCUT2D eigenvalue weighted by Gasteiger charge is 2.20. The van der Waals surface area contributed by atoms with Gasteiger partial charge in [-0.3, -0.25) is 0 Å². The lowest BCUT2D eigenvalue weighted by Crippen LogP contribution is -2.27. The van der Waals surface area contributed by atoms with Crippen LogP contribution in [0.1, 0.15) is 18.7 Å². The molecular formula is C9H15BrN2O2S2. The topological polar surface area (TPSA) is 72.2 Å². The number of nitrogens with two attached hydrogens (primary N) is 1. The molecule has 3 N–H and O–H groups in total. The summed E-state index contributed by atoms with van der Waals surface area (Å²) in [6, 6.07) is 1.61. The van der Waals surface area contributed by atoms with Gasteiger partial charge in [-0.15, -0.1) is 11.3 Å². The van der Waals surface area contributed by atoms with Crippen molar-refractivity contribution >= 4 is 37.3 Å². The van der Waals surface area contributed by atoms with Crippen LogP contribution in [0.3, 0.4) is 0 Å². The quantitative estimate of drug-likeness (QED) is 0.868. The molecular weight excluding hydrogens is 312 g/mol. The third kappa shape index (κ3) is 3.53. The molecule has 7 heteroatoms. The first-order valence-electron chi connectivity index (χ1n) is 4.84. The summed E-state index contributed by atoms with van der Waals surface area (Å²) in [5, 5.41) is 0. The fourth-order valence-electron chi connectivity index (χ4n) is 1.04. The summed E-state index contributed by atoms with van der Waals surface area (Å²) in [4.78, 5) is 1.12. The smallest absolute Gasteiger partial charge is 0.242 e. The molecule has 1 aromatic heterocycles. The number of nitrogens with one attached hydrogen (secondary N) is 1. The van der Waals surface area contributed by atoms with Gasteiger partial charge in [0.1, 0.15) is 4.90 Å². The molecule has 1 aromatic rings. The molecule has 1 rings (SSSR count). The van der Waals surface area contributed by atoms with Crippen LogP contribution in [0.5, 0.6) is 0 Å². The van der Waals surface area contributed by atoms with Crippen LogP contribution >= 0.6 is 27.3 Å². The van der Waals surface area contributed by atoms with Crippen molar-refractivity contribution < 1.29 is 8.42 Å². The monoisotopic (exact) mass is 326 g/mol. The van der Waals surface area contributed by atoms with Gasteiger partial charge in [0.15, 0.2) is 0 Å². The zero-order valence-electron chi connectivity index (χ0n) is 9.16. The second-order valence-electron chi connectivity index (χ2n) is 3.80. The summed E-state index contributed by atoms with van der Waals surface area (Å²) in [5.41, 5.74) is 5.47. The van der Waals surface area contributed by atoms with Crippen molar-refractivity contribution in [2.75, 3.05) is 6.54 Å². The van der Waals surface area contributed by atoms with E-state index in [0.717, 1.165) is 4.88 Å². The molecule has 1 heterocycles. The Hall–Kier alpha value is 0.0500. The molecule has 4 nitrogen and oxygen atoms in total. The first kappa shape index (κ1) is 14.1. The molecule has 0 saturated carbocycles. The number of rotatable bonds is 5. The Bertz CT molecular complexity index is 454. The van der Waals surface area contributed by atoms with E-state index in [0.29, 0.717) is 16.9 Å². The average molecular weight is 327 g/mol. The zero-order chi connectivity index (χ0) is 12.3. The van der Waals surface area contributed by atoms with Gasteiger partial charge >= 0.3 is 0 Å². The third-order valence-electron chi connectivity index (χ3n) is 1.88. The highest BCUT2D eigenvalue weighted by molar-refractivity contribution is 9.11. The number of hydrogen-bond acceptors (Lipinski definition) is 4. The largest absolute Gasteiger partial charge is 0.326 e. The van der Waals surface area contributed by atoms with Crippen LogP contribution in [0, 0.1) is 5.92 Å². The summed E-state index contributed by atoms with van der Waals surface area (Å²) in [6.45, 7) is 4.69. The highest BCUT2D eigenvalue weighted by Crippen LogP contribution is 2.31. The third-order valence-corrected chi connectivity index (χ3v) is 5.58. The lowest BCUT2D eigenvalue weighted by molar-refractivity contribution is 0.560. The van der Waals surface area contributed by atoms with Gasteiger partial charge in [-0.25, -0.2) is 13.1 Å². The van der Waals surface area contributed by atoms with E-state index in [1.165, 1.54) is 11.3 Å². The number of hydrogen-bond donors (Lipinski definition) is 2. The average Bonchev–Trinajstić information content (AvgIpc) is 2.57. The van der Waals surface area contributed by atoms with Gasteiger partial charge in [-0.1, -0.05) is 13.8 Å². The van der Waals surface area contributed by atoms with E-state index >= 15 is 0 Å². The predicted octanol–water partition coefficient (Wildman–Crippen LogP) is 1.90. The molecule has 0 aliphatic carbocycles. The van der Waals surface area contributed by atoms with Crippen LogP contribution < -0.4 is 10.5 Å². The Labute approximate surface area is 108 Å². The van der Waals surface area contributed by atoms with Crippen molar-refractivity contribution in [2.24, 2.45) is 11.7 Å². The maximum Gasteiger partial charge on any atom is 0.242 e. The van der Waals surface area contributed by atoms with Crippen molar-refractivity contribution in [1.29, 1.82) is 0 Å². The van der Waals surface area contributed by atoms with Crippen molar-refractivity contribution in [3.8, 4) is 0 Å². The molecule has 0 unspecified atom stereocenters. The van der Waals surface area contributed by atoms with Gasteiger partial charge in [-0.05, 0) is 27.9 Å². The van der Waals surface area contributed by atoms with Gasteiger partial charge in [0.25, 0.3) is 0 Å². The van der Waals surface area contributed by atoms with E-state index in [4.69, 9.17) is 5.73 Å². The first-order chi connectivity index (χ1) is 7.36. The van der Waals surface area contributed by atoms with Gasteiger partial charge in [0.2, 0.25) is 10.0 Å². The van der Waals surface area contributed by atoms with E-state index in [1.54, 1.807) is 6.07 Å². The molecule has 0 aliphatic heterocycles. The molecule has 0 aliphatic rings. The van der Waals surface area contributed by atoms with Gasteiger partial charge in [-0.2, -0.15) is 0 Å². The van der Waals surface area contributed by atoms with Gasteiger partial charge < -0.3 is 5.73 Å². The number of sulfonamides is 1. The van der Waals surface area contributed by atoms with Crippen molar-refractivity contribution in [2.45, 2.75) is 25.3 Å². The molecule has 0 amide bonds. The predicted molar refractivity (Wildman–Crippen MR) is 69.9 cm³/mol. The van der Waals surface area contributed by atoms with Crippen LogP contribution in [0.25, 0.3) is 0 Å². The van der Waals surface area contributed by atoms with Crippen LogP contribution in [-0.4, -0.2) is 15.0 Å². The maximum atomic E-state index is 11.9. The van der Waals surface area contributed by atoms with Gasteiger partial charge in [0.05, 0.1) is 3.79 Å². The maximum absolute atomic E-state index is 11.9. The van der Waals surface area contributed by atoms with Crippen LogP contribution in [0.2, 0.25) is 0 Å². The lowest BCUT2D eigenvalue weighted by atomic mass is 10.2. The Kier molecular flexibility index (Phi) is 4.93. The van der Waals surface area contributed by atoms with Crippen LogP contribution in [-0.2, 0) is 16.6 Å². The fraction of sp³-hybridized carbons (Fsp3) is 0.556. The SMILES string of the molecule is CC(C)CNS(=O)(=O)c1cc(CN)sc1Br. The van der Waals surface area contributed by atoms with Crippen LogP contribution in [0.15, 0.2) is 14.7 Å². The van der Waals surface area contributed by atoms with Crippen molar-refractivity contribution in [1.82, 2.24) is 4.72 Å². The lowest BCUT2D eigenvalue weighted by Gasteiger charge is -2.07. The minimum atomic E-state index is -3.42. The summed E-state index contributed by atoms with van der Waals surface area (Å²) < 4.78 is 27.0. The Morgan fingerprint density at radius 2 is 2.19 bits per heavy atom. The van der Waals surface area contributed by atoms with E-state index in [2.05, 4.69) is 20.7 Å². The molecule has 92 valence electrons. The van der Waals surface area contributed by atoms with Crippen LogP contribution in [0.4, 0.5) is 0 Å².